The second-order valence-corrected chi connectivity index (χ2v) is 12.9. The maximum atomic E-state index is 13.5. The summed E-state index contributed by atoms with van der Waals surface area (Å²) in [7, 11) is 0. The summed E-state index contributed by atoms with van der Waals surface area (Å²) in [6, 6.07) is 0. The van der Waals surface area contributed by atoms with Crippen molar-refractivity contribution in [2.24, 2.45) is 5.92 Å². The normalized spacial score (nSPS) is 34.8. The van der Waals surface area contributed by atoms with Gasteiger partial charge in [-0.3, -0.25) is 4.79 Å². The van der Waals surface area contributed by atoms with Gasteiger partial charge in [-0.2, -0.15) is 0 Å². The molecule has 6 N–H and O–H groups in total. The van der Waals surface area contributed by atoms with Crippen LogP contribution in [0.25, 0.3) is 0 Å². The number of carbonyl (C=O) groups excluding carboxylic acids is 1. The summed E-state index contributed by atoms with van der Waals surface area (Å²) >= 11 is 0. The van der Waals surface area contributed by atoms with Crippen LogP contribution in [0.15, 0.2) is 0 Å². The minimum Gasteiger partial charge on any atom is -0.456 e. The van der Waals surface area contributed by atoms with Crippen molar-refractivity contribution in [3.63, 3.8) is 0 Å². The fraction of sp³-hybridized carbons (Fsp3) is 0.970. The largest absolute Gasteiger partial charge is 0.456 e. The SMILES string of the molecule is CCCCCCC(C(=O)O[C@@H]1C(CC)O[C@@H](OC2[C@@H](O)[C@H](O)C(CC)O[C@@H]2C)C(O)[C@H]1O)C(O)CCCCCCCC(C)O. The van der Waals surface area contributed by atoms with Crippen molar-refractivity contribution < 1.29 is 54.4 Å². The summed E-state index contributed by atoms with van der Waals surface area (Å²) in [5.74, 6) is -1.39. The monoisotopic (exact) mass is 634 g/mol. The van der Waals surface area contributed by atoms with Gasteiger partial charge in [0.15, 0.2) is 12.4 Å². The molecule has 2 rings (SSSR count). The first-order valence-electron chi connectivity index (χ1n) is 17.2. The third-order valence-corrected chi connectivity index (χ3v) is 9.17. The van der Waals surface area contributed by atoms with Gasteiger partial charge in [-0.25, -0.2) is 0 Å². The summed E-state index contributed by atoms with van der Waals surface area (Å²) in [6.07, 6.45) is -1.35. The van der Waals surface area contributed by atoms with E-state index in [4.69, 9.17) is 18.9 Å². The van der Waals surface area contributed by atoms with Crippen LogP contribution in [-0.2, 0) is 23.7 Å². The lowest BCUT2D eigenvalue weighted by Crippen LogP contribution is -2.63. The van der Waals surface area contributed by atoms with E-state index in [-0.39, 0.29) is 6.10 Å². The smallest absolute Gasteiger partial charge is 0.312 e. The van der Waals surface area contributed by atoms with E-state index in [1.54, 1.807) is 20.8 Å². The van der Waals surface area contributed by atoms with Crippen molar-refractivity contribution in [1.82, 2.24) is 0 Å². The lowest BCUT2D eigenvalue weighted by Gasteiger charge is -2.46. The maximum Gasteiger partial charge on any atom is 0.312 e. The molecular weight excluding hydrogens is 572 g/mol. The molecule has 2 aliphatic heterocycles. The molecule has 2 saturated heterocycles. The molecule has 11 nitrogen and oxygen atoms in total. The van der Waals surface area contributed by atoms with Crippen molar-refractivity contribution in [1.29, 1.82) is 0 Å². The maximum absolute atomic E-state index is 13.5. The van der Waals surface area contributed by atoms with Gasteiger partial charge in [-0.15, -0.1) is 0 Å². The van der Waals surface area contributed by atoms with Gasteiger partial charge in [-0.05, 0) is 46.0 Å². The summed E-state index contributed by atoms with van der Waals surface area (Å²) in [5, 5.41) is 63.6. The van der Waals surface area contributed by atoms with Gasteiger partial charge in [0.2, 0.25) is 0 Å². The molecule has 11 heteroatoms. The zero-order chi connectivity index (χ0) is 32.8. The predicted octanol–water partition coefficient (Wildman–Crippen LogP) is 3.12. The zero-order valence-corrected chi connectivity index (χ0v) is 27.6. The number of unbranched alkanes of at least 4 members (excludes halogenated alkanes) is 7. The van der Waals surface area contributed by atoms with Crippen LogP contribution < -0.4 is 0 Å². The van der Waals surface area contributed by atoms with E-state index in [0.717, 1.165) is 64.2 Å². The highest BCUT2D eigenvalue weighted by Crippen LogP contribution is 2.32. The quantitative estimate of drug-likeness (QED) is 0.0857. The van der Waals surface area contributed by atoms with E-state index >= 15 is 0 Å². The van der Waals surface area contributed by atoms with Gasteiger partial charge >= 0.3 is 5.97 Å². The van der Waals surface area contributed by atoms with Gasteiger partial charge in [0.25, 0.3) is 0 Å². The highest BCUT2D eigenvalue weighted by atomic mass is 16.7. The van der Waals surface area contributed by atoms with Crippen LogP contribution in [0.5, 0.6) is 0 Å². The fourth-order valence-electron chi connectivity index (χ4n) is 6.31. The number of ether oxygens (including phenoxy) is 4. The van der Waals surface area contributed by atoms with E-state index in [9.17, 15) is 35.4 Å². The van der Waals surface area contributed by atoms with Crippen LogP contribution in [-0.4, -0.2) is 110 Å². The minimum atomic E-state index is -1.60. The molecule has 0 aromatic heterocycles. The van der Waals surface area contributed by atoms with Crippen LogP contribution in [0.3, 0.4) is 0 Å². The molecule has 2 aliphatic rings. The minimum absolute atomic E-state index is 0.290. The Morgan fingerprint density at radius 3 is 1.89 bits per heavy atom. The molecule has 0 amide bonds. The summed E-state index contributed by atoms with van der Waals surface area (Å²) in [6.45, 7) is 9.22. The number of carbonyl (C=O) groups is 1. The number of hydrogen-bond donors (Lipinski definition) is 6. The Bertz CT molecular complexity index is 781. The van der Waals surface area contributed by atoms with Gasteiger partial charge < -0.3 is 49.6 Å². The van der Waals surface area contributed by atoms with Crippen molar-refractivity contribution in [2.75, 3.05) is 0 Å². The molecule has 13 atom stereocenters. The first-order chi connectivity index (χ1) is 21.0. The summed E-state index contributed by atoms with van der Waals surface area (Å²) in [4.78, 5) is 13.5. The predicted molar refractivity (Wildman–Crippen MR) is 165 cm³/mol. The molecular formula is C33H62O11. The Balaban J connectivity index is 2.02. The number of rotatable bonds is 20. The highest BCUT2D eigenvalue weighted by molar-refractivity contribution is 5.73. The molecule has 0 bridgehead atoms. The third kappa shape index (κ3) is 11.7. The Morgan fingerprint density at radius 1 is 0.705 bits per heavy atom. The second kappa shape index (κ2) is 20.4. The van der Waals surface area contributed by atoms with Gasteiger partial charge in [-0.1, -0.05) is 78.6 Å². The first kappa shape index (κ1) is 39.3. The van der Waals surface area contributed by atoms with Crippen molar-refractivity contribution in [3.8, 4) is 0 Å². The van der Waals surface area contributed by atoms with E-state index in [1.165, 1.54) is 0 Å². The Morgan fingerprint density at radius 2 is 1.27 bits per heavy atom. The third-order valence-electron chi connectivity index (χ3n) is 9.17. The molecule has 0 radical (unpaired) electrons. The first-order valence-corrected chi connectivity index (χ1v) is 17.2. The van der Waals surface area contributed by atoms with Crippen molar-refractivity contribution >= 4 is 5.97 Å². The second-order valence-electron chi connectivity index (χ2n) is 12.9. The van der Waals surface area contributed by atoms with E-state index in [2.05, 4.69) is 6.92 Å². The average molecular weight is 635 g/mol. The molecule has 2 fully saturated rings. The Kier molecular flexibility index (Phi) is 18.2. The zero-order valence-electron chi connectivity index (χ0n) is 27.6. The number of aliphatic hydroxyl groups excluding tert-OH is 6. The van der Waals surface area contributed by atoms with E-state index in [1.807, 2.05) is 6.92 Å². The standard InChI is InChI=1S/C33H62O11/c1-6-9-10-15-18-22(23(35)19-16-13-11-12-14-17-20(4)34)32(40)43-31-25(8-3)42-33(29(39)28(31)38)44-30-21(5)41-24(7-2)26(36)27(30)37/h20-31,33-39H,6-19H2,1-5H3/t20?,21-,22?,23?,24?,25?,26-,27+,28-,29?,30?,31-,33+/m1/s1. The van der Waals surface area contributed by atoms with Crippen LogP contribution in [0.4, 0.5) is 0 Å². The van der Waals surface area contributed by atoms with Gasteiger partial charge in [0.1, 0.15) is 36.6 Å². The molecule has 7 unspecified atom stereocenters. The molecule has 0 aromatic carbocycles. The number of esters is 1. The van der Waals surface area contributed by atoms with Crippen LogP contribution in [0, 0.1) is 5.92 Å². The van der Waals surface area contributed by atoms with E-state index < -0.39 is 79.2 Å². The van der Waals surface area contributed by atoms with Gasteiger partial charge in [0.05, 0.1) is 30.3 Å². The Labute approximate surface area is 264 Å². The molecule has 260 valence electrons. The summed E-state index contributed by atoms with van der Waals surface area (Å²) < 4.78 is 23.4. The lowest BCUT2D eigenvalue weighted by molar-refractivity contribution is -0.338. The average Bonchev–Trinajstić information content (AvgIpc) is 2.99. The topological polar surface area (TPSA) is 175 Å². The number of hydrogen-bond acceptors (Lipinski definition) is 11. The van der Waals surface area contributed by atoms with Crippen LogP contribution >= 0.6 is 0 Å². The molecule has 0 aromatic rings. The van der Waals surface area contributed by atoms with Crippen LogP contribution in [0.1, 0.15) is 125 Å². The van der Waals surface area contributed by atoms with Crippen molar-refractivity contribution in [3.05, 3.63) is 0 Å². The molecule has 0 saturated carbocycles. The van der Waals surface area contributed by atoms with Crippen LogP contribution in [0.2, 0.25) is 0 Å². The molecule has 0 aliphatic carbocycles. The summed E-state index contributed by atoms with van der Waals surface area (Å²) in [5.41, 5.74) is 0. The van der Waals surface area contributed by atoms with Crippen molar-refractivity contribution in [2.45, 2.75) is 198 Å². The van der Waals surface area contributed by atoms with Gasteiger partial charge in [0, 0.05) is 0 Å². The molecule has 0 spiro atoms. The lowest BCUT2D eigenvalue weighted by atomic mass is 9.91. The Hall–Kier alpha value is -0.890. The fourth-order valence-corrected chi connectivity index (χ4v) is 6.31. The number of aliphatic hydroxyl groups is 6. The highest BCUT2D eigenvalue weighted by Gasteiger charge is 2.51. The molecule has 44 heavy (non-hydrogen) atoms. The molecule has 2 heterocycles. The van der Waals surface area contributed by atoms with E-state index in [0.29, 0.717) is 25.7 Å².